The Kier molecular flexibility index (Phi) is 3.25. The molecule has 5 nitrogen and oxygen atoms in total. The van der Waals surface area contributed by atoms with Crippen LogP contribution in [0.1, 0.15) is 37.5 Å². The Morgan fingerprint density at radius 2 is 2.29 bits per heavy atom. The lowest BCUT2D eigenvalue weighted by molar-refractivity contribution is -0.133. The molecule has 4 rings (SSSR count). The van der Waals surface area contributed by atoms with Crippen molar-refractivity contribution in [2.75, 3.05) is 13.1 Å². The van der Waals surface area contributed by atoms with Crippen molar-refractivity contribution in [3.63, 3.8) is 0 Å². The fraction of sp³-hybridized carbons (Fsp3) is 0.533. The van der Waals surface area contributed by atoms with E-state index in [4.69, 9.17) is 4.52 Å². The van der Waals surface area contributed by atoms with Crippen molar-refractivity contribution in [2.45, 2.75) is 31.6 Å². The number of carbonyl (C=O) groups excluding carboxylic acids is 1. The number of piperidine rings is 1. The summed E-state index contributed by atoms with van der Waals surface area (Å²) in [5, 5.41) is 6.07. The maximum Gasteiger partial charge on any atom is 0.231 e. The summed E-state index contributed by atoms with van der Waals surface area (Å²) in [4.78, 5) is 19.7. The van der Waals surface area contributed by atoms with Crippen LogP contribution in [0.5, 0.6) is 0 Å². The average Bonchev–Trinajstić information content (AvgIpc) is 3.03. The Bertz CT molecular complexity index is 633. The molecule has 0 N–H and O–H groups in total. The van der Waals surface area contributed by atoms with E-state index in [1.165, 1.54) is 0 Å². The van der Waals surface area contributed by atoms with Crippen molar-refractivity contribution in [1.29, 1.82) is 0 Å². The van der Waals surface area contributed by atoms with E-state index in [-0.39, 0.29) is 11.8 Å². The van der Waals surface area contributed by atoms with Gasteiger partial charge in [-0.25, -0.2) is 0 Å². The lowest BCUT2D eigenvalue weighted by atomic mass is 9.97. The summed E-state index contributed by atoms with van der Waals surface area (Å²) < 4.78 is 5.44. The summed E-state index contributed by atoms with van der Waals surface area (Å²) in [5.74, 6) is 2.12. The Hall–Kier alpha value is -1.69. The van der Waals surface area contributed by atoms with Gasteiger partial charge >= 0.3 is 0 Å². The van der Waals surface area contributed by atoms with Crippen LogP contribution in [0.25, 0.3) is 10.7 Å². The monoisotopic (exact) mass is 303 g/mol. The Balaban J connectivity index is 1.49. The zero-order valence-corrected chi connectivity index (χ0v) is 12.5. The average molecular weight is 303 g/mol. The number of likely N-dealkylation sites (tertiary alicyclic amines) is 1. The molecule has 0 spiro atoms. The van der Waals surface area contributed by atoms with Gasteiger partial charge in [0.1, 0.15) is 0 Å². The van der Waals surface area contributed by atoms with Gasteiger partial charge in [-0.1, -0.05) is 11.2 Å². The highest BCUT2D eigenvalue weighted by Crippen LogP contribution is 2.34. The first kappa shape index (κ1) is 13.0. The van der Waals surface area contributed by atoms with Gasteiger partial charge in [-0.05, 0) is 37.1 Å². The van der Waals surface area contributed by atoms with Gasteiger partial charge in [-0.3, -0.25) is 4.79 Å². The minimum Gasteiger partial charge on any atom is -0.342 e. The van der Waals surface area contributed by atoms with E-state index in [0.717, 1.165) is 43.6 Å². The Labute approximate surface area is 127 Å². The first-order chi connectivity index (χ1) is 10.3. The highest BCUT2D eigenvalue weighted by Gasteiger charge is 2.36. The second-order valence-electron chi connectivity index (χ2n) is 5.83. The molecule has 0 bridgehead atoms. The number of amides is 1. The zero-order chi connectivity index (χ0) is 14.2. The molecule has 6 heteroatoms. The molecule has 1 aliphatic heterocycles. The first-order valence-electron chi connectivity index (χ1n) is 7.47. The maximum absolute atomic E-state index is 12.2. The summed E-state index contributed by atoms with van der Waals surface area (Å²) in [5.41, 5.74) is 0. The summed E-state index contributed by atoms with van der Waals surface area (Å²) >= 11 is 1.60. The minimum absolute atomic E-state index is 0.183. The number of hydrogen-bond acceptors (Lipinski definition) is 5. The van der Waals surface area contributed by atoms with E-state index in [9.17, 15) is 4.79 Å². The van der Waals surface area contributed by atoms with Crippen LogP contribution in [0, 0.1) is 5.92 Å². The number of nitrogens with zero attached hydrogens (tertiary/aromatic N) is 3. The second-order valence-corrected chi connectivity index (χ2v) is 6.78. The minimum atomic E-state index is 0.183. The predicted octanol–water partition coefficient (Wildman–Crippen LogP) is 2.91. The third-order valence-electron chi connectivity index (χ3n) is 4.19. The molecule has 1 saturated carbocycles. The lowest BCUT2D eigenvalue weighted by Gasteiger charge is -2.31. The Morgan fingerprint density at radius 3 is 3.05 bits per heavy atom. The molecular formula is C15H17N3O2S. The molecule has 1 amide bonds. The van der Waals surface area contributed by atoms with E-state index in [1.807, 2.05) is 22.4 Å². The molecule has 110 valence electrons. The van der Waals surface area contributed by atoms with Crippen molar-refractivity contribution in [2.24, 2.45) is 5.92 Å². The standard InChI is InChI=1S/C15H17N3O2S/c19-15(10-5-6-10)18-7-1-3-11(9-18)14-16-13(17-20-14)12-4-2-8-21-12/h2,4,8,10-11H,1,3,5-7,9H2. The molecular weight excluding hydrogens is 286 g/mol. The van der Waals surface area contributed by atoms with Gasteiger partial charge in [0.15, 0.2) is 0 Å². The maximum atomic E-state index is 12.2. The van der Waals surface area contributed by atoms with Crippen LogP contribution in [-0.2, 0) is 4.79 Å². The molecule has 2 aromatic rings. The quantitative estimate of drug-likeness (QED) is 0.874. The van der Waals surface area contributed by atoms with Crippen LogP contribution in [0.2, 0.25) is 0 Å². The molecule has 0 radical (unpaired) electrons. The molecule has 2 fully saturated rings. The number of hydrogen-bond donors (Lipinski definition) is 0. The van der Waals surface area contributed by atoms with Crippen LogP contribution in [0.15, 0.2) is 22.0 Å². The SMILES string of the molecule is O=C(C1CC1)N1CCCC(c2nc(-c3cccs3)no2)C1. The lowest BCUT2D eigenvalue weighted by Crippen LogP contribution is -2.40. The van der Waals surface area contributed by atoms with Crippen LogP contribution >= 0.6 is 11.3 Å². The van der Waals surface area contributed by atoms with Crippen LogP contribution < -0.4 is 0 Å². The topological polar surface area (TPSA) is 59.2 Å². The van der Waals surface area contributed by atoms with Gasteiger partial charge in [0.05, 0.1) is 10.8 Å². The molecule has 1 atom stereocenters. The van der Waals surface area contributed by atoms with Gasteiger partial charge in [0.25, 0.3) is 0 Å². The molecule has 2 aromatic heterocycles. The third-order valence-corrected chi connectivity index (χ3v) is 5.06. The van der Waals surface area contributed by atoms with Gasteiger partial charge in [-0.15, -0.1) is 11.3 Å². The van der Waals surface area contributed by atoms with Crippen LogP contribution in [-0.4, -0.2) is 34.0 Å². The van der Waals surface area contributed by atoms with Gasteiger partial charge in [0.2, 0.25) is 17.6 Å². The summed E-state index contributed by atoms with van der Waals surface area (Å²) in [6.45, 7) is 1.60. The summed E-state index contributed by atoms with van der Waals surface area (Å²) in [6, 6.07) is 3.97. The van der Waals surface area contributed by atoms with E-state index in [2.05, 4.69) is 10.1 Å². The molecule has 1 saturated heterocycles. The first-order valence-corrected chi connectivity index (χ1v) is 8.35. The highest BCUT2D eigenvalue weighted by atomic mass is 32.1. The van der Waals surface area contributed by atoms with Crippen molar-refractivity contribution in [3.8, 4) is 10.7 Å². The number of thiophene rings is 1. The smallest absolute Gasteiger partial charge is 0.231 e. The van der Waals surface area contributed by atoms with Crippen molar-refractivity contribution < 1.29 is 9.32 Å². The van der Waals surface area contributed by atoms with Gasteiger partial charge in [-0.2, -0.15) is 4.98 Å². The molecule has 3 heterocycles. The van der Waals surface area contributed by atoms with E-state index in [0.29, 0.717) is 17.6 Å². The Morgan fingerprint density at radius 1 is 1.38 bits per heavy atom. The van der Waals surface area contributed by atoms with E-state index < -0.39 is 0 Å². The fourth-order valence-electron chi connectivity index (χ4n) is 2.87. The summed E-state index contributed by atoms with van der Waals surface area (Å²) in [6.07, 6.45) is 4.15. The normalized spacial score (nSPS) is 22.5. The number of carbonyl (C=O) groups is 1. The largest absolute Gasteiger partial charge is 0.342 e. The molecule has 0 aromatic carbocycles. The molecule has 2 aliphatic rings. The van der Waals surface area contributed by atoms with Crippen molar-refractivity contribution in [3.05, 3.63) is 23.4 Å². The zero-order valence-electron chi connectivity index (χ0n) is 11.7. The van der Waals surface area contributed by atoms with Crippen molar-refractivity contribution >= 4 is 17.2 Å². The molecule has 21 heavy (non-hydrogen) atoms. The number of aromatic nitrogens is 2. The van der Waals surface area contributed by atoms with E-state index in [1.54, 1.807) is 11.3 Å². The third kappa shape index (κ3) is 2.60. The summed E-state index contributed by atoms with van der Waals surface area (Å²) in [7, 11) is 0. The van der Waals surface area contributed by atoms with Crippen LogP contribution in [0.4, 0.5) is 0 Å². The molecule has 1 unspecified atom stereocenters. The highest BCUT2D eigenvalue weighted by molar-refractivity contribution is 7.13. The predicted molar refractivity (Wildman–Crippen MR) is 78.9 cm³/mol. The van der Waals surface area contributed by atoms with Crippen molar-refractivity contribution in [1.82, 2.24) is 15.0 Å². The fourth-order valence-corrected chi connectivity index (χ4v) is 3.52. The van der Waals surface area contributed by atoms with Gasteiger partial charge < -0.3 is 9.42 Å². The second kappa shape index (κ2) is 5.26. The van der Waals surface area contributed by atoms with Crippen LogP contribution in [0.3, 0.4) is 0 Å². The molecule has 1 aliphatic carbocycles. The number of rotatable bonds is 3. The van der Waals surface area contributed by atoms with E-state index >= 15 is 0 Å². The van der Waals surface area contributed by atoms with Gasteiger partial charge in [0, 0.05) is 19.0 Å².